The van der Waals surface area contributed by atoms with Gasteiger partial charge in [-0.25, -0.2) is 4.98 Å². The monoisotopic (exact) mass is 838 g/mol. The first-order valence-electron chi connectivity index (χ1n) is 17.6. The number of aliphatic hydroxyl groups excluding tert-OH is 1. The number of carbonyl (C=O) groups excluding carboxylic acids is 1. The first-order chi connectivity index (χ1) is 22.9. The van der Waals surface area contributed by atoms with Crippen molar-refractivity contribution in [3.8, 4) is 22.5 Å². The molecule has 0 saturated carbocycles. The van der Waals surface area contributed by atoms with Crippen molar-refractivity contribution in [2.24, 2.45) is 17.8 Å². The second kappa shape index (κ2) is 17.9. The van der Waals surface area contributed by atoms with E-state index in [0.717, 1.165) is 65.6 Å². The van der Waals surface area contributed by atoms with E-state index in [1.807, 2.05) is 27.7 Å². The average Bonchev–Trinajstić information content (AvgIpc) is 3.54. The summed E-state index contributed by atoms with van der Waals surface area (Å²) in [5.74, 6) is 1.11. The van der Waals surface area contributed by atoms with Gasteiger partial charge in [0.25, 0.3) is 0 Å². The summed E-state index contributed by atoms with van der Waals surface area (Å²) in [7, 11) is 0. The number of furan rings is 1. The summed E-state index contributed by atoms with van der Waals surface area (Å²) in [6, 6.07) is 22.7. The normalized spacial score (nSPS) is 12.0. The summed E-state index contributed by atoms with van der Waals surface area (Å²) in [4.78, 5) is 21.0. The van der Waals surface area contributed by atoms with Crippen LogP contribution in [-0.2, 0) is 36.7 Å². The smallest absolute Gasteiger partial charge is 0.162 e. The number of benzene rings is 3. The van der Waals surface area contributed by atoms with Crippen LogP contribution in [0.1, 0.15) is 99.1 Å². The molecule has 49 heavy (non-hydrogen) atoms. The van der Waals surface area contributed by atoms with Gasteiger partial charge in [0.15, 0.2) is 5.78 Å². The predicted molar refractivity (Wildman–Crippen MR) is 200 cm³/mol. The minimum Gasteiger partial charge on any atom is -0.512 e. The summed E-state index contributed by atoms with van der Waals surface area (Å²) in [6.45, 7) is 19.3. The van der Waals surface area contributed by atoms with Crippen molar-refractivity contribution < 1.29 is 34.4 Å². The summed E-state index contributed by atoms with van der Waals surface area (Å²) in [5, 5.41) is 13.3. The van der Waals surface area contributed by atoms with E-state index in [1.54, 1.807) is 12.6 Å². The Labute approximate surface area is 307 Å². The molecule has 0 aliphatic rings. The number of hydrogen-bond acceptors (Lipinski definition) is 5. The Hall–Kier alpha value is -3.60. The number of hydrogen-bond donors (Lipinski definition) is 1. The molecule has 0 amide bonds. The van der Waals surface area contributed by atoms with Crippen LogP contribution >= 0.6 is 0 Å². The Morgan fingerprint density at radius 2 is 1.53 bits per heavy atom. The number of carbonyl (C=O) groups is 1. The quantitative estimate of drug-likeness (QED) is 0.0815. The van der Waals surface area contributed by atoms with Gasteiger partial charge in [0.2, 0.25) is 0 Å². The third-order valence-electron chi connectivity index (χ3n) is 9.19. The van der Waals surface area contributed by atoms with Crippen LogP contribution in [0.25, 0.3) is 44.3 Å². The van der Waals surface area contributed by atoms with Crippen molar-refractivity contribution in [1.29, 1.82) is 0 Å². The summed E-state index contributed by atoms with van der Waals surface area (Å²) in [6.07, 6.45) is 9.32. The number of fused-ring (bicyclic) bond motifs is 2. The van der Waals surface area contributed by atoms with Gasteiger partial charge in [-0.05, 0) is 73.3 Å². The van der Waals surface area contributed by atoms with Crippen molar-refractivity contribution in [2.75, 3.05) is 0 Å². The molecular weight excluding hydrogens is 785 g/mol. The van der Waals surface area contributed by atoms with Crippen molar-refractivity contribution in [3.05, 3.63) is 96.2 Å². The van der Waals surface area contributed by atoms with Crippen molar-refractivity contribution in [1.82, 2.24) is 9.97 Å². The Morgan fingerprint density at radius 3 is 2.16 bits per heavy atom. The molecule has 2 aromatic heterocycles. The van der Waals surface area contributed by atoms with E-state index in [-0.39, 0.29) is 48.9 Å². The van der Waals surface area contributed by atoms with Crippen LogP contribution in [0.5, 0.6) is 0 Å². The number of rotatable bonds is 11. The van der Waals surface area contributed by atoms with E-state index in [1.165, 1.54) is 28.0 Å². The van der Waals surface area contributed by atoms with Gasteiger partial charge in [0.05, 0.1) is 17.7 Å². The number of nitrogens with zero attached hydrogens (tertiary/aromatic N) is 2. The molecule has 0 unspecified atom stereocenters. The fraction of sp³-hybridized carbons (Fsp3) is 0.419. The van der Waals surface area contributed by atoms with Gasteiger partial charge >= 0.3 is 0 Å². The van der Waals surface area contributed by atoms with Crippen molar-refractivity contribution in [2.45, 2.75) is 99.8 Å². The average molecular weight is 838 g/mol. The van der Waals surface area contributed by atoms with Crippen LogP contribution in [0.4, 0.5) is 0 Å². The van der Waals surface area contributed by atoms with Crippen LogP contribution in [0.3, 0.4) is 0 Å². The molecule has 3 aromatic carbocycles. The van der Waals surface area contributed by atoms with Gasteiger partial charge in [-0.15, -0.1) is 29.1 Å². The zero-order valence-electron chi connectivity index (χ0n) is 30.7. The number of aromatic nitrogens is 2. The summed E-state index contributed by atoms with van der Waals surface area (Å²) < 4.78 is 5.77. The molecular formula is C43H53IrN2O3-. The molecule has 0 aliphatic carbocycles. The van der Waals surface area contributed by atoms with Crippen LogP contribution in [0, 0.1) is 23.8 Å². The largest absolute Gasteiger partial charge is 0.512 e. The maximum absolute atomic E-state index is 11.7. The number of aliphatic hydroxyl groups is 1. The molecule has 0 spiro atoms. The van der Waals surface area contributed by atoms with E-state index >= 15 is 0 Å². The SMILES string of the molecule is CC(C)Cc1cc(-c2cc(-c3[c-]c4ccccc4c(C(C)(C)C)c3)ncn2)cc2occc12.CCC(CC)C(=O)/C=C(\O)C(CC)CC.[Ir]. The third kappa shape index (κ3) is 9.99. The molecule has 1 N–H and O–H groups in total. The van der Waals surface area contributed by atoms with Gasteiger partial charge in [0, 0.05) is 54.7 Å². The fourth-order valence-corrected chi connectivity index (χ4v) is 6.33. The maximum atomic E-state index is 11.7. The Bertz CT molecular complexity index is 1860. The van der Waals surface area contributed by atoms with Gasteiger partial charge in [-0.3, -0.25) is 9.78 Å². The first-order valence-corrected chi connectivity index (χ1v) is 17.6. The van der Waals surface area contributed by atoms with Crippen LogP contribution in [0.2, 0.25) is 0 Å². The van der Waals surface area contributed by atoms with Gasteiger partial charge in [0.1, 0.15) is 11.9 Å². The fourth-order valence-electron chi connectivity index (χ4n) is 6.33. The zero-order valence-corrected chi connectivity index (χ0v) is 33.1. The maximum Gasteiger partial charge on any atom is 0.162 e. The van der Waals surface area contributed by atoms with Crippen LogP contribution < -0.4 is 0 Å². The van der Waals surface area contributed by atoms with E-state index in [4.69, 9.17) is 4.42 Å². The Kier molecular flexibility index (Phi) is 14.5. The predicted octanol–water partition coefficient (Wildman–Crippen LogP) is 11.9. The van der Waals surface area contributed by atoms with Crippen molar-refractivity contribution in [3.63, 3.8) is 0 Å². The van der Waals surface area contributed by atoms with E-state index < -0.39 is 0 Å². The van der Waals surface area contributed by atoms with Crippen LogP contribution in [0.15, 0.2) is 83.4 Å². The first kappa shape index (κ1) is 39.8. The molecule has 5 nitrogen and oxygen atoms in total. The molecule has 0 aliphatic heterocycles. The summed E-state index contributed by atoms with van der Waals surface area (Å²) >= 11 is 0. The molecule has 5 aromatic rings. The van der Waals surface area contributed by atoms with Crippen LogP contribution in [-0.4, -0.2) is 20.9 Å². The molecule has 0 atom stereocenters. The third-order valence-corrected chi connectivity index (χ3v) is 9.19. The molecule has 0 saturated heterocycles. The Morgan fingerprint density at radius 1 is 0.878 bits per heavy atom. The minimum absolute atomic E-state index is 0. The van der Waals surface area contributed by atoms with E-state index in [9.17, 15) is 9.90 Å². The van der Waals surface area contributed by atoms with Gasteiger partial charge in [-0.2, -0.15) is 0 Å². The zero-order chi connectivity index (χ0) is 35.0. The molecule has 1 radical (unpaired) electrons. The van der Waals surface area contributed by atoms with Crippen molar-refractivity contribution >= 4 is 27.5 Å². The topological polar surface area (TPSA) is 76.2 Å². The molecule has 2 heterocycles. The van der Waals surface area contributed by atoms with E-state index in [0.29, 0.717) is 5.92 Å². The minimum atomic E-state index is 0. The second-order valence-electron chi connectivity index (χ2n) is 14.2. The molecule has 6 heteroatoms. The van der Waals surface area contributed by atoms with Gasteiger partial charge < -0.3 is 9.52 Å². The molecule has 263 valence electrons. The Balaban J connectivity index is 0.000000347. The molecule has 5 rings (SSSR count). The number of ketones is 1. The van der Waals surface area contributed by atoms with Gasteiger partial charge in [-0.1, -0.05) is 91.5 Å². The van der Waals surface area contributed by atoms with E-state index in [2.05, 4.69) is 105 Å². The molecule has 0 bridgehead atoms. The second-order valence-corrected chi connectivity index (χ2v) is 14.2. The summed E-state index contributed by atoms with van der Waals surface area (Å²) in [5.41, 5.74) is 7.30. The molecule has 0 fully saturated rings. The number of allylic oxidation sites excluding steroid dienone is 2. The standard InChI is InChI=1S/C30H29N2O.C13H24O2.Ir/c1-19(2)12-21-14-23(16-29-25(21)10-11-33-29)28-17-27(31-18-32-28)22-13-20-8-6-7-9-24(20)26(15-22)30(3,4)5;1-5-10(6-2)12(14)9-13(15)11(7-3)8-4;/h6-11,14-19H,12H2,1-5H3;9-11,14H,5-8H2,1-4H3;/q-1;;/b;12-9-;.